The minimum absolute atomic E-state index is 0.114. The minimum atomic E-state index is 0.114. The molecule has 2 heterocycles. The van der Waals surface area contributed by atoms with Crippen molar-refractivity contribution in [2.75, 3.05) is 18.0 Å². The van der Waals surface area contributed by atoms with Gasteiger partial charge in [0.1, 0.15) is 0 Å². The quantitative estimate of drug-likeness (QED) is 0.705. The molecule has 1 fully saturated rings. The van der Waals surface area contributed by atoms with Crippen LogP contribution in [0.4, 0.5) is 5.95 Å². The van der Waals surface area contributed by atoms with Crippen molar-refractivity contribution in [3.63, 3.8) is 0 Å². The molecule has 0 amide bonds. The van der Waals surface area contributed by atoms with Gasteiger partial charge in [-0.05, 0) is 19.3 Å². The summed E-state index contributed by atoms with van der Waals surface area (Å²) in [7, 11) is 1.91. The Morgan fingerprint density at radius 1 is 1.31 bits per heavy atom. The lowest BCUT2D eigenvalue weighted by atomic mass is 10.1. The SMILES string of the molecule is Cn1cc(O)nc1N1CCCCC1. The molecule has 72 valence electrons. The molecule has 0 saturated carbocycles. The third kappa shape index (κ3) is 1.61. The van der Waals surface area contributed by atoms with Crippen molar-refractivity contribution < 1.29 is 5.11 Å². The second-order valence-corrected chi connectivity index (χ2v) is 3.56. The maximum Gasteiger partial charge on any atom is 0.231 e. The average molecular weight is 181 g/mol. The fourth-order valence-corrected chi connectivity index (χ4v) is 1.83. The highest BCUT2D eigenvalue weighted by atomic mass is 16.3. The predicted octanol–water partition coefficient (Wildman–Crippen LogP) is 1.12. The molecule has 4 heteroatoms. The number of hydrogen-bond acceptors (Lipinski definition) is 3. The van der Waals surface area contributed by atoms with Crippen LogP contribution in [-0.4, -0.2) is 27.7 Å². The van der Waals surface area contributed by atoms with E-state index in [9.17, 15) is 5.11 Å². The monoisotopic (exact) mass is 181 g/mol. The molecule has 1 saturated heterocycles. The zero-order valence-corrected chi connectivity index (χ0v) is 7.90. The number of aromatic hydroxyl groups is 1. The zero-order chi connectivity index (χ0) is 9.26. The van der Waals surface area contributed by atoms with Gasteiger partial charge in [0.2, 0.25) is 11.8 Å². The first kappa shape index (κ1) is 8.41. The molecule has 0 aliphatic carbocycles. The molecule has 1 N–H and O–H groups in total. The molecule has 1 aliphatic rings. The van der Waals surface area contributed by atoms with Gasteiger partial charge in [-0.25, -0.2) is 0 Å². The van der Waals surface area contributed by atoms with E-state index < -0.39 is 0 Å². The summed E-state index contributed by atoms with van der Waals surface area (Å²) in [5.74, 6) is 1.00. The maximum atomic E-state index is 9.21. The molecule has 0 atom stereocenters. The van der Waals surface area contributed by atoms with Crippen molar-refractivity contribution in [2.45, 2.75) is 19.3 Å². The summed E-state index contributed by atoms with van der Waals surface area (Å²) >= 11 is 0. The first-order valence-corrected chi connectivity index (χ1v) is 4.74. The van der Waals surface area contributed by atoms with E-state index in [-0.39, 0.29) is 5.88 Å². The molecule has 13 heavy (non-hydrogen) atoms. The van der Waals surface area contributed by atoms with Crippen LogP contribution in [0, 0.1) is 0 Å². The number of nitrogens with zero attached hydrogens (tertiary/aromatic N) is 3. The fraction of sp³-hybridized carbons (Fsp3) is 0.667. The summed E-state index contributed by atoms with van der Waals surface area (Å²) < 4.78 is 1.88. The van der Waals surface area contributed by atoms with Gasteiger partial charge in [-0.1, -0.05) is 0 Å². The molecule has 0 spiro atoms. The average Bonchev–Trinajstić information content (AvgIpc) is 2.47. The number of aromatic nitrogens is 2. The van der Waals surface area contributed by atoms with E-state index in [2.05, 4.69) is 9.88 Å². The van der Waals surface area contributed by atoms with E-state index in [0.717, 1.165) is 19.0 Å². The highest BCUT2D eigenvalue weighted by molar-refractivity contribution is 5.35. The summed E-state index contributed by atoms with van der Waals surface area (Å²) in [4.78, 5) is 6.30. The lowest BCUT2D eigenvalue weighted by molar-refractivity contribution is 0.455. The Labute approximate surface area is 77.8 Å². The van der Waals surface area contributed by atoms with E-state index in [1.54, 1.807) is 6.20 Å². The first-order chi connectivity index (χ1) is 6.27. The Balaban J connectivity index is 2.18. The number of hydrogen-bond donors (Lipinski definition) is 1. The largest absolute Gasteiger partial charge is 0.492 e. The second-order valence-electron chi connectivity index (χ2n) is 3.56. The number of anilines is 1. The molecular formula is C9H15N3O. The summed E-state index contributed by atoms with van der Waals surface area (Å²) in [6.45, 7) is 2.12. The number of imidazole rings is 1. The Kier molecular flexibility index (Phi) is 2.12. The normalized spacial score (nSPS) is 17.8. The third-order valence-electron chi connectivity index (χ3n) is 2.48. The van der Waals surface area contributed by atoms with Crippen LogP contribution < -0.4 is 4.90 Å². The fourth-order valence-electron chi connectivity index (χ4n) is 1.83. The van der Waals surface area contributed by atoms with Gasteiger partial charge in [-0.3, -0.25) is 0 Å². The van der Waals surface area contributed by atoms with Crippen molar-refractivity contribution >= 4 is 5.95 Å². The van der Waals surface area contributed by atoms with Crippen LogP contribution in [0.15, 0.2) is 6.20 Å². The summed E-state index contributed by atoms with van der Waals surface area (Å²) in [6.07, 6.45) is 5.41. The van der Waals surface area contributed by atoms with Crippen molar-refractivity contribution in [3.05, 3.63) is 6.20 Å². The van der Waals surface area contributed by atoms with Crippen LogP contribution in [0.3, 0.4) is 0 Å². The molecule has 1 aromatic heterocycles. The van der Waals surface area contributed by atoms with Gasteiger partial charge in [-0.2, -0.15) is 4.98 Å². The van der Waals surface area contributed by atoms with Crippen molar-refractivity contribution in [3.8, 4) is 5.88 Å². The summed E-state index contributed by atoms with van der Waals surface area (Å²) in [5, 5.41) is 9.21. The van der Waals surface area contributed by atoms with Crippen LogP contribution >= 0.6 is 0 Å². The van der Waals surface area contributed by atoms with Gasteiger partial charge in [0, 0.05) is 20.1 Å². The Morgan fingerprint density at radius 3 is 2.54 bits per heavy atom. The molecule has 0 radical (unpaired) electrons. The van der Waals surface area contributed by atoms with Crippen LogP contribution in [-0.2, 0) is 7.05 Å². The highest BCUT2D eigenvalue weighted by Crippen LogP contribution is 2.20. The Hall–Kier alpha value is -1.19. The van der Waals surface area contributed by atoms with Crippen molar-refractivity contribution in [1.82, 2.24) is 9.55 Å². The molecule has 1 aromatic rings. The van der Waals surface area contributed by atoms with Crippen LogP contribution in [0.5, 0.6) is 5.88 Å². The summed E-state index contributed by atoms with van der Waals surface area (Å²) in [5.41, 5.74) is 0. The van der Waals surface area contributed by atoms with Crippen molar-refractivity contribution in [1.29, 1.82) is 0 Å². The van der Waals surface area contributed by atoms with E-state index in [0.29, 0.717) is 0 Å². The molecule has 1 aliphatic heterocycles. The van der Waals surface area contributed by atoms with Gasteiger partial charge < -0.3 is 14.6 Å². The van der Waals surface area contributed by atoms with Gasteiger partial charge in [0.15, 0.2) is 0 Å². The van der Waals surface area contributed by atoms with Crippen LogP contribution in [0.25, 0.3) is 0 Å². The maximum absolute atomic E-state index is 9.21. The van der Waals surface area contributed by atoms with Crippen LogP contribution in [0.1, 0.15) is 19.3 Å². The second kappa shape index (κ2) is 3.28. The number of rotatable bonds is 1. The van der Waals surface area contributed by atoms with E-state index in [1.807, 2.05) is 11.6 Å². The molecule has 0 aromatic carbocycles. The number of aryl methyl sites for hydroxylation is 1. The van der Waals surface area contributed by atoms with Gasteiger partial charge in [-0.15, -0.1) is 0 Å². The molecular weight excluding hydrogens is 166 g/mol. The van der Waals surface area contributed by atoms with E-state index in [1.165, 1.54) is 19.3 Å². The summed E-state index contributed by atoms with van der Waals surface area (Å²) in [6, 6.07) is 0. The van der Waals surface area contributed by atoms with Gasteiger partial charge in [0.25, 0.3) is 0 Å². The van der Waals surface area contributed by atoms with Crippen molar-refractivity contribution in [2.24, 2.45) is 7.05 Å². The topological polar surface area (TPSA) is 41.3 Å². The number of piperidine rings is 1. The zero-order valence-electron chi connectivity index (χ0n) is 7.90. The molecule has 2 rings (SSSR count). The highest BCUT2D eigenvalue weighted by Gasteiger charge is 2.15. The molecule has 0 bridgehead atoms. The first-order valence-electron chi connectivity index (χ1n) is 4.74. The Bertz CT molecular complexity index is 289. The van der Waals surface area contributed by atoms with Gasteiger partial charge in [0.05, 0.1) is 6.20 Å². The Morgan fingerprint density at radius 2 is 2.00 bits per heavy atom. The van der Waals surface area contributed by atoms with E-state index in [4.69, 9.17) is 0 Å². The van der Waals surface area contributed by atoms with Gasteiger partial charge >= 0.3 is 0 Å². The standard InChI is InChI=1S/C9H15N3O/c1-11-7-8(13)10-9(11)12-5-3-2-4-6-12/h7,13H,2-6H2,1H3. The lowest BCUT2D eigenvalue weighted by Gasteiger charge is -2.27. The van der Waals surface area contributed by atoms with Crippen LogP contribution in [0.2, 0.25) is 0 Å². The predicted molar refractivity (Wildman–Crippen MR) is 50.9 cm³/mol. The third-order valence-corrected chi connectivity index (χ3v) is 2.48. The smallest absolute Gasteiger partial charge is 0.231 e. The van der Waals surface area contributed by atoms with E-state index >= 15 is 0 Å². The minimum Gasteiger partial charge on any atom is -0.492 e. The molecule has 0 unspecified atom stereocenters. The lowest BCUT2D eigenvalue weighted by Crippen LogP contribution is -2.31. The molecule has 4 nitrogen and oxygen atoms in total.